The van der Waals surface area contributed by atoms with Gasteiger partial charge in [-0.25, -0.2) is 4.98 Å². The normalized spacial score (nSPS) is 14.6. The highest BCUT2D eigenvalue weighted by molar-refractivity contribution is 6.74. The van der Waals surface area contributed by atoms with E-state index in [0.29, 0.717) is 12.4 Å². The minimum Gasteiger partial charge on any atom is -0.414 e. The minimum absolute atomic E-state index is 0.143. The van der Waals surface area contributed by atoms with Crippen molar-refractivity contribution in [1.82, 2.24) is 4.98 Å². The Hall–Kier alpha value is -0.913. The molecule has 1 heterocycles. The van der Waals surface area contributed by atoms with E-state index in [1.165, 1.54) is 0 Å². The summed E-state index contributed by atoms with van der Waals surface area (Å²) in [6.45, 7) is 11.2. The minimum atomic E-state index is -1.82. The van der Waals surface area contributed by atoms with Crippen molar-refractivity contribution in [1.29, 1.82) is 0 Å². The Morgan fingerprint density at radius 3 is 2.56 bits per heavy atom. The highest BCUT2D eigenvalue weighted by Crippen LogP contribution is 2.37. The highest BCUT2D eigenvalue weighted by Gasteiger charge is 2.37. The van der Waals surface area contributed by atoms with Crippen molar-refractivity contribution in [2.75, 3.05) is 12.3 Å². The second-order valence-corrected chi connectivity index (χ2v) is 10.9. The Bertz CT molecular complexity index is 402. The molecule has 102 valence electrons. The molecule has 4 nitrogen and oxygen atoms in total. The average molecular weight is 268 g/mol. The fourth-order valence-electron chi connectivity index (χ4n) is 1.27. The van der Waals surface area contributed by atoms with Gasteiger partial charge in [-0.2, -0.15) is 0 Å². The molecule has 1 aromatic heterocycles. The van der Waals surface area contributed by atoms with Crippen LogP contribution in [-0.2, 0) is 4.43 Å². The number of rotatable bonds is 4. The van der Waals surface area contributed by atoms with Crippen molar-refractivity contribution in [3.8, 4) is 0 Å². The molecule has 0 spiro atoms. The third-order valence-electron chi connectivity index (χ3n) is 3.60. The molecule has 0 radical (unpaired) electrons. The maximum atomic E-state index is 10.1. The van der Waals surface area contributed by atoms with E-state index in [-0.39, 0.29) is 5.04 Å². The van der Waals surface area contributed by atoms with Gasteiger partial charge in [0.15, 0.2) is 8.32 Å². The molecule has 1 unspecified atom stereocenters. The Morgan fingerprint density at radius 2 is 2.06 bits per heavy atom. The van der Waals surface area contributed by atoms with Gasteiger partial charge in [0, 0.05) is 6.20 Å². The van der Waals surface area contributed by atoms with Gasteiger partial charge in [-0.15, -0.1) is 0 Å². The summed E-state index contributed by atoms with van der Waals surface area (Å²) < 4.78 is 5.98. The van der Waals surface area contributed by atoms with E-state index in [0.717, 1.165) is 5.56 Å². The molecule has 0 fully saturated rings. The number of pyridine rings is 1. The van der Waals surface area contributed by atoms with Gasteiger partial charge in [0.1, 0.15) is 11.9 Å². The predicted molar refractivity (Wildman–Crippen MR) is 76.8 cm³/mol. The first-order chi connectivity index (χ1) is 8.13. The first-order valence-electron chi connectivity index (χ1n) is 6.17. The van der Waals surface area contributed by atoms with Crippen LogP contribution < -0.4 is 5.73 Å². The van der Waals surface area contributed by atoms with Crippen LogP contribution in [0, 0.1) is 0 Å². The van der Waals surface area contributed by atoms with Crippen LogP contribution in [0.25, 0.3) is 0 Å². The van der Waals surface area contributed by atoms with Gasteiger partial charge in [0.25, 0.3) is 0 Å². The molecule has 0 aliphatic carbocycles. The molecule has 0 saturated carbocycles. The second-order valence-electron chi connectivity index (χ2n) is 6.10. The SMILES string of the molecule is CC(C)(C)[Si](C)(C)OCC(O)c1ccnc(N)c1. The van der Waals surface area contributed by atoms with Gasteiger partial charge in [-0.05, 0) is 35.8 Å². The molecular weight excluding hydrogens is 244 g/mol. The first-order valence-corrected chi connectivity index (χ1v) is 9.08. The lowest BCUT2D eigenvalue weighted by atomic mass is 10.1. The Labute approximate surface area is 110 Å². The third kappa shape index (κ3) is 3.80. The van der Waals surface area contributed by atoms with Crippen molar-refractivity contribution in [2.45, 2.75) is 45.0 Å². The smallest absolute Gasteiger partial charge is 0.192 e. The summed E-state index contributed by atoms with van der Waals surface area (Å²) in [6, 6.07) is 3.44. The summed E-state index contributed by atoms with van der Waals surface area (Å²) in [5, 5.41) is 10.2. The van der Waals surface area contributed by atoms with E-state index in [1.807, 2.05) is 0 Å². The molecule has 0 aliphatic rings. The molecule has 0 bridgehead atoms. The van der Waals surface area contributed by atoms with Gasteiger partial charge < -0.3 is 15.3 Å². The number of aliphatic hydroxyl groups is 1. The van der Waals surface area contributed by atoms with Crippen molar-refractivity contribution in [3.63, 3.8) is 0 Å². The van der Waals surface area contributed by atoms with Crippen LogP contribution in [0.5, 0.6) is 0 Å². The van der Waals surface area contributed by atoms with E-state index < -0.39 is 14.4 Å². The summed E-state index contributed by atoms with van der Waals surface area (Å²) in [5.74, 6) is 0.416. The quantitative estimate of drug-likeness (QED) is 0.824. The number of aliphatic hydroxyl groups excluding tert-OH is 1. The summed E-state index contributed by atoms with van der Waals surface area (Å²) in [7, 11) is -1.82. The van der Waals surface area contributed by atoms with Crippen molar-refractivity contribution in [2.24, 2.45) is 0 Å². The molecular formula is C13H24N2O2Si. The van der Waals surface area contributed by atoms with Crippen LogP contribution in [0.4, 0.5) is 5.82 Å². The van der Waals surface area contributed by atoms with Gasteiger partial charge in [0.05, 0.1) is 6.61 Å². The van der Waals surface area contributed by atoms with Gasteiger partial charge in [0.2, 0.25) is 0 Å². The summed E-state index contributed by atoms with van der Waals surface area (Å²) >= 11 is 0. The zero-order valence-corrected chi connectivity index (χ0v) is 12.9. The second kappa shape index (κ2) is 5.38. The summed E-state index contributed by atoms with van der Waals surface area (Å²) in [6.07, 6.45) is 0.949. The predicted octanol–water partition coefficient (Wildman–Crippen LogP) is 2.72. The van der Waals surface area contributed by atoms with Crippen LogP contribution in [0.2, 0.25) is 18.1 Å². The molecule has 1 aromatic rings. The number of aromatic nitrogens is 1. The number of anilines is 1. The lowest BCUT2D eigenvalue weighted by molar-refractivity contribution is 0.100. The third-order valence-corrected chi connectivity index (χ3v) is 8.10. The molecule has 1 atom stereocenters. The van der Waals surface area contributed by atoms with Crippen LogP contribution >= 0.6 is 0 Å². The van der Waals surface area contributed by atoms with Gasteiger partial charge >= 0.3 is 0 Å². The molecule has 3 N–H and O–H groups in total. The lowest BCUT2D eigenvalue weighted by Crippen LogP contribution is -2.41. The molecule has 1 rings (SSSR count). The molecule has 0 aliphatic heterocycles. The van der Waals surface area contributed by atoms with E-state index >= 15 is 0 Å². The first kappa shape index (κ1) is 15.1. The maximum absolute atomic E-state index is 10.1. The van der Waals surface area contributed by atoms with Crippen molar-refractivity contribution < 1.29 is 9.53 Å². The van der Waals surface area contributed by atoms with Crippen LogP contribution in [0.3, 0.4) is 0 Å². The standard InChI is InChI=1S/C13H24N2O2Si/c1-13(2,3)18(4,5)17-9-11(16)10-6-7-15-12(14)8-10/h6-8,11,16H,9H2,1-5H3,(H2,14,15). The molecule has 18 heavy (non-hydrogen) atoms. The van der Waals surface area contributed by atoms with E-state index in [2.05, 4.69) is 38.8 Å². The highest BCUT2D eigenvalue weighted by atomic mass is 28.4. The van der Waals surface area contributed by atoms with E-state index in [9.17, 15) is 5.11 Å². The molecule has 0 amide bonds. The topological polar surface area (TPSA) is 68.4 Å². The Morgan fingerprint density at radius 1 is 1.44 bits per heavy atom. The number of nitrogens with zero attached hydrogens (tertiary/aromatic N) is 1. The lowest BCUT2D eigenvalue weighted by Gasteiger charge is -2.36. The maximum Gasteiger partial charge on any atom is 0.192 e. The molecule has 0 saturated heterocycles. The Kier molecular flexibility index (Phi) is 4.53. The average Bonchev–Trinajstić information content (AvgIpc) is 2.24. The molecule has 0 aromatic carbocycles. The Balaban J connectivity index is 2.64. The number of hydrogen-bond donors (Lipinski definition) is 2. The number of hydrogen-bond acceptors (Lipinski definition) is 4. The fourth-order valence-corrected chi connectivity index (χ4v) is 2.28. The van der Waals surface area contributed by atoms with Crippen LogP contribution in [-0.4, -0.2) is 25.0 Å². The van der Waals surface area contributed by atoms with Crippen molar-refractivity contribution >= 4 is 14.1 Å². The van der Waals surface area contributed by atoms with E-state index in [1.54, 1.807) is 18.3 Å². The zero-order valence-electron chi connectivity index (χ0n) is 11.9. The van der Waals surface area contributed by atoms with Crippen LogP contribution in [0.1, 0.15) is 32.4 Å². The monoisotopic (exact) mass is 268 g/mol. The molecule has 5 heteroatoms. The number of nitrogen functional groups attached to an aromatic ring is 1. The van der Waals surface area contributed by atoms with Crippen molar-refractivity contribution in [3.05, 3.63) is 23.9 Å². The van der Waals surface area contributed by atoms with Gasteiger partial charge in [-0.1, -0.05) is 20.8 Å². The van der Waals surface area contributed by atoms with Gasteiger partial charge in [-0.3, -0.25) is 0 Å². The zero-order chi connectivity index (χ0) is 14.0. The summed E-state index contributed by atoms with van der Waals surface area (Å²) in [4.78, 5) is 3.90. The fraction of sp³-hybridized carbons (Fsp3) is 0.615. The largest absolute Gasteiger partial charge is 0.414 e. The van der Waals surface area contributed by atoms with E-state index in [4.69, 9.17) is 10.2 Å². The number of nitrogens with two attached hydrogens (primary N) is 1. The summed E-state index contributed by atoms with van der Waals surface area (Å²) in [5.41, 5.74) is 6.34. The van der Waals surface area contributed by atoms with Crippen LogP contribution in [0.15, 0.2) is 18.3 Å².